The van der Waals surface area contributed by atoms with Gasteiger partial charge in [0.25, 0.3) is 5.91 Å². The van der Waals surface area contributed by atoms with Gasteiger partial charge in [-0.1, -0.05) is 12.1 Å². The molecule has 0 aromatic carbocycles. The monoisotopic (exact) mass is 498 g/mol. The lowest BCUT2D eigenvalue weighted by molar-refractivity contribution is -0.186. The molecule has 3 aromatic heterocycles. The number of hydrogen-bond donors (Lipinski definition) is 1. The van der Waals surface area contributed by atoms with E-state index in [4.69, 9.17) is 0 Å². The fraction of sp³-hybridized carbons (Fsp3) is 0.320. The van der Waals surface area contributed by atoms with Gasteiger partial charge in [0.05, 0.1) is 35.0 Å². The summed E-state index contributed by atoms with van der Waals surface area (Å²) in [5.41, 5.74) is 4.00. The zero-order chi connectivity index (χ0) is 26.0. The van der Waals surface area contributed by atoms with Crippen LogP contribution in [0.15, 0.2) is 48.9 Å². The second-order valence-electron chi connectivity index (χ2n) is 8.66. The fourth-order valence-corrected chi connectivity index (χ4v) is 4.27. The minimum atomic E-state index is -4.88. The largest absolute Gasteiger partial charge is 0.471 e. The average molecular weight is 499 g/mol. The van der Waals surface area contributed by atoms with Gasteiger partial charge in [0.15, 0.2) is 5.82 Å². The molecule has 1 N–H and O–H groups in total. The lowest BCUT2D eigenvalue weighted by atomic mass is 9.90. The van der Waals surface area contributed by atoms with Gasteiger partial charge < -0.3 is 10.2 Å². The number of pyridine rings is 2. The smallest absolute Gasteiger partial charge is 0.335 e. The lowest BCUT2D eigenvalue weighted by Gasteiger charge is -2.31. The molecule has 36 heavy (non-hydrogen) atoms. The van der Waals surface area contributed by atoms with Crippen molar-refractivity contribution in [3.63, 3.8) is 0 Å². The number of aromatic nitrogens is 4. The fourth-order valence-electron chi connectivity index (χ4n) is 4.27. The van der Waals surface area contributed by atoms with E-state index in [1.165, 1.54) is 13.2 Å². The van der Waals surface area contributed by atoms with E-state index in [0.29, 0.717) is 42.0 Å². The lowest BCUT2D eigenvalue weighted by Crippen LogP contribution is -2.45. The number of alkyl halides is 3. The molecule has 2 amide bonds. The van der Waals surface area contributed by atoms with Crippen molar-refractivity contribution in [2.45, 2.75) is 45.3 Å². The Balaban J connectivity index is 1.44. The van der Waals surface area contributed by atoms with E-state index in [9.17, 15) is 22.8 Å². The average Bonchev–Trinajstić information content (AvgIpc) is 3.24. The van der Waals surface area contributed by atoms with E-state index >= 15 is 0 Å². The van der Waals surface area contributed by atoms with Gasteiger partial charge in [-0.25, -0.2) is 9.67 Å². The first-order chi connectivity index (χ1) is 17.1. The summed E-state index contributed by atoms with van der Waals surface area (Å²) in [6.45, 7) is 3.64. The van der Waals surface area contributed by atoms with Crippen molar-refractivity contribution >= 4 is 23.1 Å². The highest BCUT2D eigenvalue weighted by atomic mass is 19.4. The van der Waals surface area contributed by atoms with Crippen molar-refractivity contribution in [3.8, 4) is 5.82 Å². The van der Waals surface area contributed by atoms with Crippen molar-refractivity contribution in [2.24, 2.45) is 0 Å². The first-order valence-electron chi connectivity index (χ1n) is 11.3. The molecule has 3 aromatic rings. The summed E-state index contributed by atoms with van der Waals surface area (Å²) in [5, 5.41) is 7.11. The summed E-state index contributed by atoms with van der Waals surface area (Å²) < 4.78 is 39.8. The number of carbonyl (C=O) groups is 2. The normalized spacial score (nSPS) is 15.8. The highest BCUT2D eigenvalue weighted by Crippen LogP contribution is 2.32. The van der Waals surface area contributed by atoms with Crippen molar-refractivity contribution < 1.29 is 22.8 Å². The van der Waals surface area contributed by atoms with Gasteiger partial charge in [0.1, 0.15) is 0 Å². The van der Waals surface area contributed by atoms with Crippen LogP contribution >= 0.6 is 0 Å². The molecule has 0 fully saturated rings. The van der Waals surface area contributed by atoms with Crippen LogP contribution in [0.1, 0.15) is 46.6 Å². The van der Waals surface area contributed by atoms with Crippen molar-refractivity contribution in [3.05, 3.63) is 71.4 Å². The summed E-state index contributed by atoms with van der Waals surface area (Å²) in [7, 11) is 1.18. The maximum atomic E-state index is 12.9. The third kappa shape index (κ3) is 5.14. The Bertz CT molecular complexity index is 1320. The van der Waals surface area contributed by atoms with Gasteiger partial charge >= 0.3 is 12.1 Å². The number of allylic oxidation sites excluding steroid dienone is 1. The standard InChI is InChI=1S/C25H25F3N6O2/c1-15-12-18(32-23(35)20-14-31-34(16(20)2)21-6-4-5-11-29-21)13-30-22(15)17-7-9-19(10-8-17)33(3)24(36)25(26,27)28/h4-7,11-14,19H,8-10H2,1-3H3,(H,32,35). The Kier molecular flexibility index (Phi) is 6.91. The number of amides is 2. The molecule has 0 spiro atoms. The summed E-state index contributed by atoms with van der Waals surface area (Å²) in [5.74, 6) is -1.56. The maximum absolute atomic E-state index is 12.9. The molecule has 1 unspecified atom stereocenters. The Hall–Kier alpha value is -4.02. The number of halogens is 3. The summed E-state index contributed by atoms with van der Waals surface area (Å²) in [4.78, 5) is 33.9. The van der Waals surface area contributed by atoms with Gasteiger partial charge in [0.2, 0.25) is 0 Å². The Morgan fingerprint density at radius 2 is 1.94 bits per heavy atom. The molecule has 3 heterocycles. The van der Waals surface area contributed by atoms with Crippen LogP contribution in [0.3, 0.4) is 0 Å². The van der Waals surface area contributed by atoms with E-state index < -0.39 is 18.1 Å². The minimum absolute atomic E-state index is 0.312. The number of carbonyl (C=O) groups excluding carboxylic acids is 2. The first-order valence-corrected chi connectivity index (χ1v) is 11.3. The van der Waals surface area contributed by atoms with Crippen LogP contribution in [0.5, 0.6) is 0 Å². The molecule has 0 radical (unpaired) electrons. The predicted molar refractivity (Wildman–Crippen MR) is 127 cm³/mol. The zero-order valence-electron chi connectivity index (χ0n) is 20.0. The second kappa shape index (κ2) is 9.92. The molecule has 188 valence electrons. The highest BCUT2D eigenvalue weighted by molar-refractivity contribution is 6.05. The van der Waals surface area contributed by atoms with E-state index in [1.54, 1.807) is 42.2 Å². The Morgan fingerprint density at radius 1 is 1.17 bits per heavy atom. The number of hydrogen-bond acceptors (Lipinski definition) is 5. The molecule has 1 atom stereocenters. The SMILES string of the molecule is Cc1cc(NC(=O)c2cnn(-c3ccccn3)c2C)cnc1C1=CCC(N(C)C(=O)C(F)(F)F)CC1. The van der Waals surface area contributed by atoms with Gasteiger partial charge in [-0.15, -0.1) is 0 Å². The molecule has 4 rings (SSSR count). The van der Waals surface area contributed by atoms with Gasteiger partial charge in [-0.05, 0) is 62.4 Å². The van der Waals surface area contributed by atoms with Crippen molar-refractivity contribution in [1.82, 2.24) is 24.6 Å². The molecule has 11 heteroatoms. The third-order valence-electron chi connectivity index (χ3n) is 6.25. The van der Waals surface area contributed by atoms with Crippen molar-refractivity contribution in [2.75, 3.05) is 12.4 Å². The van der Waals surface area contributed by atoms with Gasteiger partial charge in [-0.3, -0.25) is 14.6 Å². The highest BCUT2D eigenvalue weighted by Gasteiger charge is 2.43. The van der Waals surface area contributed by atoms with Crippen LogP contribution in [-0.2, 0) is 4.79 Å². The first kappa shape index (κ1) is 25.1. The number of rotatable bonds is 5. The van der Waals surface area contributed by atoms with Crippen LogP contribution in [0.4, 0.5) is 18.9 Å². The van der Waals surface area contributed by atoms with E-state index in [-0.39, 0.29) is 5.91 Å². The Labute approximate surface area is 205 Å². The van der Waals surface area contributed by atoms with E-state index in [1.807, 2.05) is 19.1 Å². The molecule has 0 bridgehead atoms. The van der Waals surface area contributed by atoms with Gasteiger partial charge in [0, 0.05) is 19.3 Å². The van der Waals surface area contributed by atoms with Crippen molar-refractivity contribution in [1.29, 1.82) is 0 Å². The van der Waals surface area contributed by atoms with Gasteiger partial charge in [-0.2, -0.15) is 18.3 Å². The molecule has 1 aliphatic rings. The molecular formula is C25H25F3N6O2. The summed E-state index contributed by atoms with van der Waals surface area (Å²) in [6, 6.07) is 6.70. The molecule has 8 nitrogen and oxygen atoms in total. The van der Waals surface area contributed by atoms with Crippen LogP contribution in [-0.4, -0.2) is 55.7 Å². The topological polar surface area (TPSA) is 93.0 Å². The van der Waals surface area contributed by atoms with Crippen LogP contribution < -0.4 is 5.32 Å². The second-order valence-corrected chi connectivity index (χ2v) is 8.66. The molecule has 0 saturated carbocycles. The number of nitrogens with zero attached hydrogens (tertiary/aromatic N) is 5. The molecular weight excluding hydrogens is 473 g/mol. The Morgan fingerprint density at radius 3 is 2.56 bits per heavy atom. The van der Waals surface area contributed by atoms with Crippen LogP contribution in [0.25, 0.3) is 11.4 Å². The quantitative estimate of drug-likeness (QED) is 0.560. The summed E-state index contributed by atoms with van der Waals surface area (Å²) >= 11 is 0. The zero-order valence-corrected chi connectivity index (χ0v) is 20.0. The number of anilines is 1. The maximum Gasteiger partial charge on any atom is 0.471 e. The van der Waals surface area contributed by atoms with E-state index in [0.717, 1.165) is 21.7 Å². The number of aryl methyl sites for hydroxylation is 1. The van der Waals surface area contributed by atoms with Crippen LogP contribution in [0.2, 0.25) is 0 Å². The van der Waals surface area contributed by atoms with E-state index in [2.05, 4.69) is 20.4 Å². The molecule has 0 saturated heterocycles. The van der Waals surface area contributed by atoms with Crippen LogP contribution in [0, 0.1) is 13.8 Å². The molecule has 1 aliphatic carbocycles. The third-order valence-corrected chi connectivity index (χ3v) is 6.25. The number of nitrogens with one attached hydrogen (secondary N) is 1. The summed E-state index contributed by atoms with van der Waals surface area (Å²) in [6.07, 6.45) is 2.84. The minimum Gasteiger partial charge on any atom is -0.335 e. The predicted octanol–water partition coefficient (Wildman–Crippen LogP) is 4.49. The molecule has 0 aliphatic heterocycles.